The summed E-state index contributed by atoms with van der Waals surface area (Å²) < 4.78 is 5.06. The van der Waals surface area contributed by atoms with Crippen LogP contribution in [0.15, 0.2) is 0 Å². The number of nitrogens with two attached hydrogens (primary N) is 3. The van der Waals surface area contributed by atoms with Gasteiger partial charge in [-0.1, -0.05) is 0 Å². The molecule has 9 N–H and O–H groups in total. The quantitative estimate of drug-likeness (QED) is 0.0993. The van der Waals surface area contributed by atoms with E-state index in [1.807, 2.05) is 0 Å². The number of hydrogen-bond acceptors (Lipinski definition) is 6. The molecule has 0 aromatic carbocycles. The first kappa shape index (κ1) is 19.6. The summed E-state index contributed by atoms with van der Waals surface area (Å²) in [7, 11) is 0. The molecule has 11 heteroatoms. The van der Waals surface area contributed by atoms with Gasteiger partial charge in [-0.2, -0.15) is 0 Å². The summed E-state index contributed by atoms with van der Waals surface area (Å²) in [6, 6.07) is -2.31. The van der Waals surface area contributed by atoms with Gasteiger partial charge in [-0.15, -0.1) is 0 Å². The molecule has 1 aliphatic rings. The lowest BCUT2D eigenvalue weighted by Gasteiger charge is -2.30. The zero-order chi connectivity index (χ0) is 18.3. The smallest absolute Gasteiger partial charge is 0.326 e. The van der Waals surface area contributed by atoms with Crippen molar-refractivity contribution in [3.63, 3.8) is 0 Å². The Morgan fingerprint density at radius 2 is 2.00 bits per heavy atom. The van der Waals surface area contributed by atoms with E-state index < -0.39 is 29.9 Å². The number of nitrogens with one attached hydrogen (secondary N) is 2. The number of amides is 2. The third kappa shape index (κ3) is 6.79. The number of nitrogens with zero attached hydrogens (tertiary/aromatic N) is 1. The Morgan fingerprint density at radius 3 is 2.46 bits per heavy atom. The van der Waals surface area contributed by atoms with Crippen LogP contribution in [0.1, 0.15) is 19.3 Å². The molecule has 3 atom stereocenters. The highest BCUT2D eigenvalue weighted by atomic mass is 16.6. The molecule has 0 aromatic rings. The summed E-state index contributed by atoms with van der Waals surface area (Å²) in [5.41, 5.74) is 15.9. The molecule has 1 rings (SSSR count). The fraction of sp³-hybridized carbons (Fsp3) is 0.692. The molecule has 1 heterocycles. The molecule has 0 bridgehead atoms. The number of guanidine groups is 1. The van der Waals surface area contributed by atoms with Crippen molar-refractivity contribution >= 4 is 23.7 Å². The number of ether oxygens (including phenoxy) is 1. The molecule has 24 heavy (non-hydrogen) atoms. The number of rotatable bonds is 11. The normalized spacial score (nSPS) is 18.3. The molecule has 1 aliphatic heterocycles. The number of epoxide rings is 1. The average molecular weight is 344 g/mol. The van der Waals surface area contributed by atoms with Crippen LogP contribution in [-0.2, 0) is 19.1 Å². The Hall–Kier alpha value is -2.40. The van der Waals surface area contributed by atoms with Gasteiger partial charge in [0.2, 0.25) is 11.8 Å². The first-order chi connectivity index (χ1) is 11.2. The lowest BCUT2D eigenvalue weighted by atomic mass is 10.1. The molecule has 0 saturated carbocycles. The van der Waals surface area contributed by atoms with Gasteiger partial charge in [-0.05, 0) is 12.8 Å². The van der Waals surface area contributed by atoms with Gasteiger partial charge in [0.25, 0.3) is 0 Å². The molecule has 0 spiro atoms. The maximum atomic E-state index is 12.4. The summed E-state index contributed by atoms with van der Waals surface area (Å²) in [4.78, 5) is 36.1. The van der Waals surface area contributed by atoms with Crippen molar-refractivity contribution in [2.45, 2.75) is 37.5 Å². The van der Waals surface area contributed by atoms with Gasteiger partial charge >= 0.3 is 5.97 Å². The van der Waals surface area contributed by atoms with Gasteiger partial charge in [-0.25, -0.2) is 4.79 Å². The summed E-state index contributed by atoms with van der Waals surface area (Å²) in [6.07, 6.45) is -0.0835. The minimum atomic E-state index is -1.20. The van der Waals surface area contributed by atoms with Crippen LogP contribution in [-0.4, -0.2) is 71.6 Å². The number of aliphatic carboxylic acids is 1. The Labute approximate surface area is 139 Å². The lowest BCUT2D eigenvalue weighted by molar-refractivity contribution is -0.151. The second kappa shape index (κ2) is 9.03. The fourth-order valence-corrected chi connectivity index (χ4v) is 2.21. The highest BCUT2D eigenvalue weighted by Gasteiger charge is 2.37. The zero-order valence-corrected chi connectivity index (χ0v) is 13.2. The van der Waals surface area contributed by atoms with E-state index in [9.17, 15) is 19.5 Å². The number of carbonyl (C=O) groups is 3. The van der Waals surface area contributed by atoms with Crippen molar-refractivity contribution in [3.8, 4) is 0 Å². The first-order valence-corrected chi connectivity index (χ1v) is 7.49. The molecular formula is C13H24N6O5. The van der Waals surface area contributed by atoms with Gasteiger partial charge in [0.1, 0.15) is 6.04 Å². The van der Waals surface area contributed by atoms with Crippen molar-refractivity contribution in [2.75, 3.05) is 19.7 Å². The van der Waals surface area contributed by atoms with Gasteiger partial charge in [-0.3, -0.25) is 15.0 Å². The van der Waals surface area contributed by atoms with Gasteiger partial charge in [0.15, 0.2) is 5.96 Å². The Kier molecular flexibility index (Phi) is 7.39. The molecule has 1 saturated heterocycles. The van der Waals surface area contributed by atoms with Crippen molar-refractivity contribution in [1.29, 1.82) is 5.41 Å². The van der Waals surface area contributed by atoms with Crippen LogP contribution < -0.4 is 22.5 Å². The minimum Gasteiger partial charge on any atom is -0.480 e. The number of carboxylic acid groups (broad SMARTS) is 1. The van der Waals surface area contributed by atoms with Crippen molar-refractivity contribution in [3.05, 3.63) is 0 Å². The Balaban J connectivity index is 2.75. The summed E-state index contributed by atoms with van der Waals surface area (Å²) in [5.74, 6) is -2.80. The highest BCUT2D eigenvalue weighted by Crippen LogP contribution is 2.17. The highest BCUT2D eigenvalue weighted by molar-refractivity contribution is 5.90. The number of primary amides is 1. The van der Waals surface area contributed by atoms with Crippen LogP contribution in [0, 0.1) is 5.41 Å². The first-order valence-electron chi connectivity index (χ1n) is 7.49. The van der Waals surface area contributed by atoms with Gasteiger partial charge < -0.3 is 37.3 Å². The number of hydrogen-bond donors (Lipinski definition) is 6. The molecule has 2 amide bonds. The largest absolute Gasteiger partial charge is 0.480 e. The van der Waals surface area contributed by atoms with Gasteiger partial charge in [0, 0.05) is 6.54 Å². The number of carboxylic acids is 1. The third-order valence-electron chi connectivity index (χ3n) is 3.46. The molecule has 3 unspecified atom stereocenters. The van der Waals surface area contributed by atoms with E-state index in [2.05, 4.69) is 5.32 Å². The maximum Gasteiger partial charge on any atom is 0.326 e. The van der Waals surface area contributed by atoms with E-state index in [1.54, 1.807) is 0 Å². The molecular weight excluding hydrogens is 320 g/mol. The van der Waals surface area contributed by atoms with E-state index in [4.69, 9.17) is 27.3 Å². The lowest BCUT2D eigenvalue weighted by Crippen LogP contribution is -2.53. The molecule has 1 fully saturated rings. The SMILES string of the molecule is N=C(N)NCCCC(C(=O)O)N(CC1CO1)C(=O)C(N)CC(N)=O. The Bertz CT molecular complexity index is 495. The summed E-state index contributed by atoms with van der Waals surface area (Å²) >= 11 is 0. The second-order valence-corrected chi connectivity index (χ2v) is 5.56. The van der Waals surface area contributed by atoms with Crippen molar-refractivity contribution in [2.24, 2.45) is 17.2 Å². The topological polar surface area (TPSA) is 201 Å². The van der Waals surface area contributed by atoms with Crippen LogP contribution in [0.4, 0.5) is 0 Å². The average Bonchev–Trinajstić information content (AvgIpc) is 3.27. The summed E-state index contributed by atoms with van der Waals surface area (Å²) in [5, 5.41) is 19.1. The van der Waals surface area contributed by atoms with Gasteiger partial charge in [0.05, 0.1) is 31.7 Å². The van der Waals surface area contributed by atoms with Crippen LogP contribution in [0.25, 0.3) is 0 Å². The standard InChI is InChI=1S/C13H24N6O5/c14-8(4-10(15)20)11(21)19(5-7-6-24-7)9(12(22)23)2-1-3-18-13(16)17/h7-9H,1-6,14H2,(H2,15,20)(H,22,23)(H4,16,17,18). The molecule has 136 valence electrons. The predicted molar refractivity (Wildman–Crippen MR) is 83.8 cm³/mol. The zero-order valence-electron chi connectivity index (χ0n) is 13.2. The molecule has 0 radical (unpaired) electrons. The van der Waals surface area contributed by atoms with E-state index >= 15 is 0 Å². The van der Waals surface area contributed by atoms with E-state index in [1.165, 1.54) is 0 Å². The summed E-state index contributed by atoms with van der Waals surface area (Å²) in [6.45, 7) is 0.823. The molecule has 0 aromatic heterocycles. The van der Waals surface area contributed by atoms with Crippen molar-refractivity contribution in [1.82, 2.24) is 10.2 Å². The van der Waals surface area contributed by atoms with Crippen LogP contribution in [0.2, 0.25) is 0 Å². The monoisotopic (exact) mass is 344 g/mol. The van der Waals surface area contributed by atoms with Crippen LogP contribution in [0.5, 0.6) is 0 Å². The van der Waals surface area contributed by atoms with E-state index in [-0.39, 0.29) is 31.4 Å². The second-order valence-electron chi connectivity index (χ2n) is 5.56. The number of carbonyl (C=O) groups excluding carboxylic acids is 2. The maximum absolute atomic E-state index is 12.4. The molecule has 0 aliphatic carbocycles. The van der Waals surface area contributed by atoms with Crippen molar-refractivity contribution < 1.29 is 24.2 Å². The Morgan fingerprint density at radius 1 is 1.38 bits per heavy atom. The van der Waals surface area contributed by atoms with Crippen LogP contribution in [0.3, 0.4) is 0 Å². The van der Waals surface area contributed by atoms with E-state index in [0.29, 0.717) is 19.6 Å². The van der Waals surface area contributed by atoms with Crippen LogP contribution >= 0.6 is 0 Å². The molecule has 11 nitrogen and oxygen atoms in total. The minimum absolute atomic E-state index is 0.0857. The van der Waals surface area contributed by atoms with E-state index in [0.717, 1.165) is 4.90 Å². The fourth-order valence-electron chi connectivity index (χ4n) is 2.21. The third-order valence-corrected chi connectivity index (χ3v) is 3.46. The predicted octanol–water partition coefficient (Wildman–Crippen LogP) is -2.87.